The fourth-order valence-corrected chi connectivity index (χ4v) is 6.47. The first-order chi connectivity index (χ1) is 15.5. The van der Waals surface area contributed by atoms with Gasteiger partial charge in [-0.15, -0.1) is 11.3 Å². The second kappa shape index (κ2) is 8.92. The van der Waals surface area contributed by atoms with Gasteiger partial charge in [-0.25, -0.2) is 17.8 Å². The topological polar surface area (TPSA) is 59.5 Å². The van der Waals surface area contributed by atoms with Gasteiger partial charge in [0.1, 0.15) is 10.8 Å². The molecule has 3 aromatic rings. The van der Waals surface area contributed by atoms with Gasteiger partial charge in [0.2, 0.25) is 0 Å². The molecule has 2 aromatic carbocycles. The number of hydrogen-bond donors (Lipinski definition) is 0. The number of anilines is 1. The molecule has 8 heteroatoms. The van der Waals surface area contributed by atoms with Gasteiger partial charge in [0.05, 0.1) is 16.4 Å². The standard InChI is InChI=1S/C24H25FN2O3S2/c25-22-6-3-19(15-21(22)17-7-11-30-12-8-17)24-26-16-23(31-24)18-1-4-20(5-2-18)27-9-13-32(28,29)14-10-27/h1-6,15-17H,7-14H2. The van der Waals surface area contributed by atoms with Crippen molar-refractivity contribution in [1.82, 2.24) is 4.98 Å². The Morgan fingerprint density at radius 1 is 1.00 bits per heavy atom. The Bertz CT molecular complexity index is 1190. The van der Waals surface area contributed by atoms with Crippen LogP contribution in [0.25, 0.3) is 21.0 Å². The van der Waals surface area contributed by atoms with Crippen molar-refractivity contribution in [2.45, 2.75) is 18.8 Å². The van der Waals surface area contributed by atoms with Crippen molar-refractivity contribution >= 4 is 26.9 Å². The minimum atomic E-state index is -2.89. The molecule has 1 aromatic heterocycles. The van der Waals surface area contributed by atoms with Crippen LogP contribution in [0.4, 0.5) is 10.1 Å². The Morgan fingerprint density at radius 2 is 1.69 bits per heavy atom. The Balaban J connectivity index is 1.34. The van der Waals surface area contributed by atoms with E-state index in [0.29, 0.717) is 26.3 Å². The monoisotopic (exact) mass is 472 g/mol. The normalized spacial score (nSPS) is 19.2. The van der Waals surface area contributed by atoms with Crippen LogP contribution in [0.5, 0.6) is 0 Å². The molecule has 0 N–H and O–H groups in total. The van der Waals surface area contributed by atoms with Crippen LogP contribution in [0.1, 0.15) is 24.3 Å². The average molecular weight is 473 g/mol. The molecule has 0 aliphatic carbocycles. The van der Waals surface area contributed by atoms with E-state index in [1.54, 1.807) is 23.5 Å². The van der Waals surface area contributed by atoms with E-state index in [0.717, 1.165) is 45.1 Å². The zero-order valence-electron chi connectivity index (χ0n) is 17.7. The molecule has 0 amide bonds. The molecule has 3 heterocycles. The molecule has 5 rings (SSSR count). The fourth-order valence-electron chi connectivity index (χ4n) is 4.35. The highest BCUT2D eigenvalue weighted by Crippen LogP contribution is 2.36. The van der Waals surface area contributed by atoms with Crippen molar-refractivity contribution in [2.24, 2.45) is 0 Å². The first-order valence-corrected chi connectivity index (χ1v) is 13.5. The highest BCUT2D eigenvalue weighted by atomic mass is 32.2. The summed E-state index contributed by atoms with van der Waals surface area (Å²) in [5.74, 6) is 0.458. The van der Waals surface area contributed by atoms with E-state index in [9.17, 15) is 12.8 Å². The van der Waals surface area contributed by atoms with Gasteiger partial charge in [0.25, 0.3) is 0 Å². The van der Waals surface area contributed by atoms with Gasteiger partial charge in [-0.3, -0.25) is 0 Å². The third-order valence-electron chi connectivity index (χ3n) is 6.27. The molecular weight excluding hydrogens is 447 g/mol. The second-order valence-corrected chi connectivity index (χ2v) is 11.7. The van der Waals surface area contributed by atoms with Crippen LogP contribution in [-0.4, -0.2) is 51.2 Å². The lowest BCUT2D eigenvalue weighted by atomic mass is 9.90. The number of ether oxygens (including phenoxy) is 1. The maximum atomic E-state index is 14.5. The predicted molar refractivity (Wildman–Crippen MR) is 127 cm³/mol. The van der Waals surface area contributed by atoms with Crippen LogP contribution in [0.15, 0.2) is 48.7 Å². The molecule has 0 saturated carbocycles. The van der Waals surface area contributed by atoms with Crippen molar-refractivity contribution < 1.29 is 17.5 Å². The van der Waals surface area contributed by atoms with E-state index in [1.165, 1.54) is 0 Å². The summed E-state index contributed by atoms with van der Waals surface area (Å²) >= 11 is 1.59. The summed E-state index contributed by atoms with van der Waals surface area (Å²) in [6.45, 7) is 2.43. The summed E-state index contributed by atoms with van der Waals surface area (Å²) in [5, 5.41) is 0.874. The number of halogens is 1. The first kappa shape index (κ1) is 21.6. The van der Waals surface area contributed by atoms with Gasteiger partial charge in [-0.1, -0.05) is 12.1 Å². The summed E-state index contributed by atoms with van der Waals surface area (Å²) in [6, 6.07) is 13.5. The number of benzene rings is 2. The predicted octanol–water partition coefficient (Wildman–Crippen LogP) is 4.75. The SMILES string of the molecule is O=S1(=O)CCN(c2ccc(-c3cnc(-c4ccc(F)c(C5CCOCC5)c4)s3)cc2)CC1. The maximum absolute atomic E-state index is 14.5. The molecule has 32 heavy (non-hydrogen) atoms. The minimum absolute atomic E-state index is 0.154. The molecule has 0 radical (unpaired) electrons. The Kier molecular flexibility index (Phi) is 6.01. The zero-order valence-corrected chi connectivity index (χ0v) is 19.3. The van der Waals surface area contributed by atoms with Gasteiger partial charge < -0.3 is 9.64 Å². The molecule has 2 aliphatic rings. The smallest absolute Gasteiger partial charge is 0.153 e. The van der Waals surface area contributed by atoms with Crippen LogP contribution in [-0.2, 0) is 14.6 Å². The molecule has 168 valence electrons. The highest BCUT2D eigenvalue weighted by molar-refractivity contribution is 7.91. The number of thiazole rings is 1. The van der Waals surface area contributed by atoms with Gasteiger partial charge >= 0.3 is 0 Å². The quantitative estimate of drug-likeness (QED) is 0.549. The average Bonchev–Trinajstić information content (AvgIpc) is 3.30. The minimum Gasteiger partial charge on any atom is -0.381 e. The lowest BCUT2D eigenvalue weighted by Crippen LogP contribution is -2.40. The van der Waals surface area contributed by atoms with Crippen LogP contribution < -0.4 is 4.90 Å². The molecule has 0 atom stereocenters. The summed E-state index contributed by atoms with van der Waals surface area (Å²) in [7, 11) is -2.89. The van der Waals surface area contributed by atoms with E-state index in [2.05, 4.69) is 9.88 Å². The second-order valence-electron chi connectivity index (χ2n) is 8.34. The summed E-state index contributed by atoms with van der Waals surface area (Å²) in [4.78, 5) is 7.76. The van der Waals surface area contributed by atoms with Crippen molar-refractivity contribution in [1.29, 1.82) is 0 Å². The Hall–Kier alpha value is -2.29. The van der Waals surface area contributed by atoms with E-state index in [1.807, 2.05) is 36.5 Å². The largest absolute Gasteiger partial charge is 0.381 e. The third-order valence-corrected chi connectivity index (χ3v) is 8.98. The third kappa shape index (κ3) is 4.58. The lowest BCUT2D eigenvalue weighted by Gasteiger charge is -2.28. The molecular formula is C24H25FN2O3S2. The van der Waals surface area contributed by atoms with Crippen LogP contribution in [0, 0.1) is 5.82 Å². The Morgan fingerprint density at radius 3 is 2.41 bits per heavy atom. The summed E-state index contributed by atoms with van der Waals surface area (Å²) in [5.41, 5.74) is 3.80. The van der Waals surface area contributed by atoms with Crippen molar-refractivity contribution in [3.05, 3.63) is 60.0 Å². The summed E-state index contributed by atoms with van der Waals surface area (Å²) in [6.07, 6.45) is 3.55. The Labute approximate surface area is 191 Å². The number of sulfone groups is 1. The summed E-state index contributed by atoms with van der Waals surface area (Å²) < 4.78 is 43.2. The lowest BCUT2D eigenvalue weighted by molar-refractivity contribution is 0.0846. The van der Waals surface area contributed by atoms with Crippen LogP contribution in [0.3, 0.4) is 0 Å². The molecule has 2 fully saturated rings. The van der Waals surface area contributed by atoms with Gasteiger partial charge in [-0.05, 0) is 60.2 Å². The van der Waals surface area contributed by atoms with Crippen LogP contribution in [0.2, 0.25) is 0 Å². The van der Waals surface area contributed by atoms with Gasteiger partial charge in [0.15, 0.2) is 9.84 Å². The van der Waals surface area contributed by atoms with E-state index < -0.39 is 9.84 Å². The molecule has 0 bridgehead atoms. The maximum Gasteiger partial charge on any atom is 0.153 e. The van der Waals surface area contributed by atoms with Crippen molar-refractivity contribution in [3.8, 4) is 21.0 Å². The first-order valence-electron chi connectivity index (χ1n) is 10.9. The van der Waals surface area contributed by atoms with Gasteiger partial charge in [0, 0.05) is 43.8 Å². The molecule has 5 nitrogen and oxygen atoms in total. The molecule has 0 spiro atoms. The highest BCUT2D eigenvalue weighted by Gasteiger charge is 2.22. The number of nitrogens with zero attached hydrogens (tertiary/aromatic N) is 2. The number of rotatable bonds is 4. The molecule has 2 saturated heterocycles. The van der Waals surface area contributed by atoms with E-state index in [-0.39, 0.29) is 23.2 Å². The van der Waals surface area contributed by atoms with Crippen LogP contribution >= 0.6 is 11.3 Å². The number of hydrogen-bond acceptors (Lipinski definition) is 6. The fraction of sp³-hybridized carbons (Fsp3) is 0.375. The van der Waals surface area contributed by atoms with E-state index in [4.69, 9.17) is 4.74 Å². The van der Waals surface area contributed by atoms with E-state index >= 15 is 0 Å². The van der Waals surface area contributed by atoms with Crippen molar-refractivity contribution in [3.63, 3.8) is 0 Å². The molecule has 2 aliphatic heterocycles. The molecule has 0 unspecified atom stereocenters. The van der Waals surface area contributed by atoms with Crippen molar-refractivity contribution in [2.75, 3.05) is 42.7 Å². The zero-order chi connectivity index (χ0) is 22.1. The number of aromatic nitrogens is 1. The van der Waals surface area contributed by atoms with Gasteiger partial charge in [-0.2, -0.15) is 0 Å².